The first-order valence-corrected chi connectivity index (χ1v) is 7.11. The Hall–Kier alpha value is -1.66. The molecule has 2 N–H and O–H groups in total. The van der Waals surface area contributed by atoms with Crippen molar-refractivity contribution < 1.29 is 9.84 Å². The van der Waals surface area contributed by atoms with E-state index in [1.807, 2.05) is 12.1 Å². The summed E-state index contributed by atoms with van der Waals surface area (Å²) < 4.78 is 6.18. The van der Waals surface area contributed by atoms with Crippen LogP contribution in [0.3, 0.4) is 0 Å². The molecule has 0 spiro atoms. The van der Waals surface area contributed by atoms with Crippen LogP contribution < -0.4 is 5.56 Å². The molecule has 0 amide bonds. The van der Waals surface area contributed by atoms with Crippen LogP contribution in [-0.2, 0) is 4.74 Å². The van der Waals surface area contributed by atoms with E-state index in [1.54, 1.807) is 12.1 Å². The molecule has 0 bridgehead atoms. The second kappa shape index (κ2) is 5.38. The summed E-state index contributed by atoms with van der Waals surface area (Å²) >= 11 is 3.33. The standard InChI is InChI=1S/C14H13BrN2O3/c15-10-3-1-8(2-4-10)11-13(18)16-12(17-14(11)19)9-5-6-20-7-9/h1-4,9H,5-7H2,(H2,16,17,18,19). The summed E-state index contributed by atoms with van der Waals surface area (Å²) in [6.07, 6.45) is 0.806. The first kappa shape index (κ1) is 13.3. The van der Waals surface area contributed by atoms with Crippen molar-refractivity contribution in [1.82, 2.24) is 9.97 Å². The third-order valence-electron chi connectivity index (χ3n) is 3.37. The van der Waals surface area contributed by atoms with Crippen molar-refractivity contribution in [2.24, 2.45) is 0 Å². The largest absolute Gasteiger partial charge is 0.493 e. The van der Waals surface area contributed by atoms with E-state index in [9.17, 15) is 9.90 Å². The molecule has 2 aromatic rings. The molecule has 1 aliphatic rings. The van der Waals surface area contributed by atoms with Crippen LogP contribution in [0.5, 0.6) is 5.88 Å². The number of aromatic hydroxyl groups is 1. The Morgan fingerprint density at radius 1 is 1.35 bits per heavy atom. The normalized spacial score (nSPS) is 18.4. The molecule has 1 aromatic carbocycles. The molecular weight excluding hydrogens is 324 g/mol. The molecule has 5 nitrogen and oxygen atoms in total. The maximum atomic E-state index is 12.2. The highest BCUT2D eigenvalue weighted by Crippen LogP contribution is 2.28. The minimum atomic E-state index is -0.332. The predicted molar refractivity (Wildman–Crippen MR) is 77.8 cm³/mol. The number of nitrogens with one attached hydrogen (secondary N) is 1. The van der Waals surface area contributed by atoms with Crippen molar-refractivity contribution >= 4 is 15.9 Å². The molecule has 0 saturated carbocycles. The van der Waals surface area contributed by atoms with E-state index in [-0.39, 0.29) is 22.9 Å². The predicted octanol–water partition coefficient (Wildman–Crippen LogP) is 2.41. The van der Waals surface area contributed by atoms with Gasteiger partial charge in [-0.3, -0.25) is 4.79 Å². The van der Waals surface area contributed by atoms with Gasteiger partial charge in [-0.25, -0.2) is 0 Å². The molecule has 104 valence electrons. The van der Waals surface area contributed by atoms with Crippen molar-refractivity contribution in [2.45, 2.75) is 12.3 Å². The van der Waals surface area contributed by atoms with Crippen molar-refractivity contribution in [3.63, 3.8) is 0 Å². The zero-order valence-corrected chi connectivity index (χ0v) is 12.2. The maximum absolute atomic E-state index is 12.2. The highest BCUT2D eigenvalue weighted by Gasteiger charge is 2.22. The topological polar surface area (TPSA) is 75.2 Å². The molecule has 1 unspecified atom stereocenters. The average molecular weight is 337 g/mol. The lowest BCUT2D eigenvalue weighted by Crippen LogP contribution is -2.16. The van der Waals surface area contributed by atoms with Gasteiger partial charge in [0.05, 0.1) is 6.61 Å². The van der Waals surface area contributed by atoms with Crippen LogP contribution >= 0.6 is 15.9 Å². The van der Waals surface area contributed by atoms with Crippen molar-refractivity contribution in [2.75, 3.05) is 13.2 Å². The van der Waals surface area contributed by atoms with E-state index in [0.29, 0.717) is 24.6 Å². The summed E-state index contributed by atoms with van der Waals surface area (Å²) in [4.78, 5) is 19.1. The van der Waals surface area contributed by atoms with Crippen molar-refractivity contribution in [1.29, 1.82) is 0 Å². The van der Waals surface area contributed by atoms with Gasteiger partial charge in [0.25, 0.3) is 5.56 Å². The SMILES string of the molecule is O=c1[nH]c(C2CCOC2)nc(O)c1-c1ccc(Br)cc1. The Balaban J connectivity index is 2.04. The second-order valence-electron chi connectivity index (χ2n) is 4.72. The number of hydrogen-bond acceptors (Lipinski definition) is 4. The first-order chi connectivity index (χ1) is 9.65. The van der Waals surface area contributed by atoms with Crippen LogP contribution in [0.2, 0.25) is 0 Å². The molecule has 2 heterocycles. The van der Waals surface area contributed by atoms with Gasteiger partial charge < -0.3 is 14.8 Å². The van der Waals surface area contributed by atoms with Crippen molar-refractivity contribution in [3.8, 4) is 17.0 Å². The summed E-state index contributed by atoms with van der Waals surface area (Å²) in [5.74, 6) is 0.302. The second-order valence-corrected chi connectivity index (χ2v) is 5.63. The van der Waals surface area contributed by atoms with Gasteiger partial charge in [0, 0.05) is 17.0 Å². The molecule has 0 radical (unpaired) electrons. The number of hydrogen-bond donors (Lipinski definition) is 2. The van der Waals surface area contributed by atoms with Crippen LogP contribution in [-0.4, -0.2) is 28.3 Å². The fourth-order valence-electron chi connectivity index (χ4n) is 2.30. The van der Waals surface area contributed by atoms with E-state index in [1.165, 1.54) is 0 Å². The number of halogens is 1. The minimum Gasteiger partial charge on any atom is -0.493 e. The van der Waals surface area contributed by atoms with E-state index >= 15 is 0 Å². The number of H-pyrrole nitrogens is 1. The van der Waals surface area contributed by atoms with Gasteiger partial charge in [-0.05, 0) is 24.1 Å². The molecule has 1 saturated heterocycles. The van der Waals surface area contributed by atoms with Gasteiger partial charge in [0.1, 0.15) is 11.4 Å². The Morgan fingerprint density at radius 2 is 2.10 bits per heavy atom. The van der Waals surface area contributed by atoms with Gasteiger partial charge in [-0.2, -0.15) is 4.98 Å². The first-order valence-electron chi connectivity index (χ1n) is 6.32. The molecular formula is C14H13BrN2O3. The zero-order chi connectivity index (χ0) is 14.1. The summed E-state index contributed by atoms with van der Waals surface area (Å²) in [7, 11) is 0. The third kappa shape index (κ3) is 2.48. The number of nitrogens with zero attached hydrogens (tertiary/aromatic N) is 1. The highest BCUT2D eigenvalue weighted by molar-refractivity contribution is 9.10. The maximum Gasteiger partial charge on any atom is 0.262 e. The molecule has 6 heteroatoms. The lowest BCUT2D eigenvalue weighted by molar-refractivity contribution is 0.193. The Bertz CT molecular complexity index is 676. The Labute approximate surface area is 123 Å². The van der Waals surface area contributed by atoms with Crippen molar-refractivity contribution in [3.05, 3.63) is 44.9 Å². The molecule has 1 fully saturated rings. The fraction of sp³-hybridized carbons (Fsp3) is 0.286. The molecule has 1 aromatic heterocycles. The number of benzene rings is 1. The lowest BCUT2D eigenvalue weighted by atomic mass is 10.1. The summed E-state index contributed by atoms with van der Waals surface area (Å²) in [6, 6.07) is 7.14. The average Bonchev–Trinajstić information content (AvgIpc) is 2.94. The molecule has 1 atom stereocenters. The lowest BCUT2D eigenvalue weighted by Gasteiger charge is -2.09. The molecule has 20 heavy (non-hydrogen) atoms. The quantitative estimate of drug-likeness (QED) is 0.882. The van der Waals surface area contributed by atoms with Crippen LogP contribution in [0.4, 0.5) is 0 Å². The van der Waals surface area contributed by atoms with E-state index in [0.717, 1.165) is 10.9 Å². The number of ether oxygens (including phenoxy) is 1. The van der Waals surface area contributed by atoms with Crippen LogP contribution in [0.1, 0.15) is 18.2 Å². The van der Waals surface area contributed by atoms with Gasteiger partial charge in [0.15, 0.2) is 0 Å². The number of aromatic amines is 1. The highest BCUT2D eigenvalue weighted by atomic mass is 79.9. The smallest absolute Gasteiger partial charge is 0.262 e. The monoisotopic (exact) mass is 336 g/mol. The summed E-state index contributed by atoms with van der Waals surface area (Å²) in [5, 5.41) is 10.1. The van der Waals surface area contributed by atoms with Crippen LogP contribution in [0.25, 0.3) is 11.1 Å². The van der Waals surface area contributed by atoms with E-state index in [2.05, 4.69) is 25.9 Å². The third-order valence-corrected chi connectivity index (χ3v) is 3.90. The van der Waals surface area contributed by atoms with Gasteiger partial charge in [-0.1, -0.05) is 28.1 Å². The number of aromatic nitrogens is 2. The van der Waals surface area contributed by atoms with Crippen LogP contribution in [0, 0.1) is 0 Å². The minimum absolute atomic E-state index is 0.0487. The summed E-state index contributed by atoms with van der Waals surface area (Å²) in [5.41, 5.74) is 0.496. The number of rotatable bonds is 2. The molecule has 0 aliphatic carbocycles. The van der Waals surface area contributed by atoms with E-state index in [4.69, 9.17) is 4.74 Å². The Kier molecular flexibility index (Phi) is 3.58. The van der Waals surface area contributed by atoms with Gasteiger partial charge in [0.2, 0.25) is 5.88 Å². The van der Waals surface area contributed by atoms with Crippen LogP contribution in [0.15, 0.2) is 33.5 Å². The summed E-state index contributed by atoms with van der Waals surface area (Å²) in [6.45, 7) is 1.18. The van der Waals surface area contributed by atoms with Gasteiger partial charge >= 0.3 is 0 Å². The molecule has 1 aliphatic heterocycles. The van der Waals surface area contributed by atoms with Gasteiger partial charge in [-0.15, -0.1) is 0 Å². The fourth-order valence-corrected chi connectivity index (χ4v) is 2.56. The van der Waals surface area contributed by atoms with E-state index < -0.39 is 0 Å². The molecule has 3 rings (SSSR count). The zero-order valence-electron chi connectivity index (χ0n) is 10.6. The Morgan fingerprint density at radius 3 is 2.70 bits per heavy atom.